The molecule has 1 aromatic heterocycles. The molecule has 0 radical (unpaired) electrons. The van der Waals surface area contributed by atoms with Gasteiger partial charge in [-0.25, -0.2) is 8.42 Å². The normalized spacial score (nSPS) is 11.2. The van der Waals surface area contributed by atoms with Gasteiger partial charge in [-0.05, 0) is 24.3 Å². The topological polar surface area (TPSA) is 64.8 Å². The minimum atomic E-state index is -3.73. The van der Waals surface area contributed by atoms with E-state index in [1.165, 1.54) is 24.3 Å². The maximum absolute atomic E-state index is 12.4. The van der Waals surface area contributed by atoms with Crippen LogP contribution < -0.4 is 0 Å². The van der Waals surface area contributed by atoms with Crippen LogP contribution in [0.4, 0.5) is 0 Å². The van der Waals surface area contributed by atoms with Crippen LogP contribution in [0, 0.1) is 12.3 Å². The van der Waals surface area contributed by atoms with E-state index in [4.69, 9.17) is 18.0 Å². The van der Waals surface area contributed by atoms with Crippen molar-refractivity contribution in [1.82, 2.24) is 14.2 Å². The minimum Gasteiger partial charge on any atom is -0.201 e. The molecule has 0 aliphatic rings. The Balaban J connectivity index is 2.43. The van der Waals surface area contributed by atoms with Crippen molar-refractivity contribution in [1.29, 1.82) is 0 Å². The number of hydrogen-bond donors (Lipinski definition) is 0. The van der Waals surface area contributed by atoms with Crippen molar-refractivity contribution in [3.05, 3.63) is 35.6 Å². The van der Waals surface area contributed by atoms with Gasteiger partial charge in [0.1, 0.15) is 6.33 Å². The fourth-order valence-electron chi connectivity index (χ4n) is 1.30. The summed E-state index contributed by atoms with van der Waals surface area (Å²) in [6.45, 7) is 0. The molecule has 0 aliphatic carbocycles. The van der Waals surface area contributed by atoms with Gasteiger partial charge < -0.3 is 0 Å². The highest BCUT2D eigenvalue weighted by Crippen LogP contribution is 2.22. The van der Waals surface area contributed by atoms with Crippen LogP contribution >= 0.6 is 23.4 Å². The van der Waals surface area contributed by atoms with Gasteiger partial charge in [0.15, 0.2) is 0 Å². The average molecular weight is 314 g/mol. The van der Waals surface area contributed by atoms with Crippen LogP contribution in [0.5, 0.6) is 0 Å². The van der Waals surface area contributed by atoms with Gasteiger partial charge in [0.25, 0.3) is 10.0 Å². The first kappa shape index (κ1) is 13.9. The summed E-state index contributed by atoms with van der Waals surface area (Å²) in [5, 5.41) is 8.03. The van der Waals surface area contributed by atoms with Gasteiger partial charge in [0.05, 0.1) is 10.6 Å². The van der Waals surface area contributed by atoms with Gasteiger partial charge in [0, 0.05) is 5.02 Å². The maximum atomic E-state index is 12.4. The Kier molecular flexibility index (Phi) is 4.14. The lowest BCUT2D eigenvalue weighted by Crippen LogP contribution is -2.13. The van der Waals surface area contributed by atoms with Crippen LogP contribution in [0.25, 0.3) is 0 Å². The third-order valence-corrected chi connectivity index (χ3v) is 5.01. The molecule has 0 fully saturated rings. The highest BCUT2D eigenvalue weighted by molar-refractivity contribution is 8.00. The quantitative estimate of drug-likeness (QED) is 0.637. The zero-order valence-electron chi connectivity index (χ0n) is 9.52. The highest BCUT2D eigenvalue weighted by Gasteiger charge is 2.21. The Hall–Kier alpha value is -1.49. The highest BCUT2D eigenvalue weighted by atomic mass is 35.5. The molecule has 0 amide bonds. The van der Waals surface area contributed by atoms with E-state index in [9.17, 15) is 8.42 Å². The number of terminal acetylenes is 1. The predicted octanol–water partition coefficient (Wildman–Crippen LogP) is 1.89. The largest absolute Gasteiger partial charge is 0.271 e. The van der Waals surface area contributed by atoms with E-state index in [0.717, 1.165) is 22.1 Å². The summed E-state index contributed by atoms with van der Waals surface area (Å²) in [7, 11) is -3.73. The van der Waals surface area contributed by atoms with E-state index < -0.39 is 10.0 Å². The Morgan fingerprint density at radius 3 is 2.68 bits per heavy atom. The van der Waals surface area contributed by atoms with Crippen LogP contribution in [-0.4, -0.2) is 28.3 Å². The third-order valence-electron chi connectivity index (χ3n) is 2.14. The Bertz CT molecular complexity index is 717. The number of rotatable bonds is 4. The molecule has 0 saturated heterocycles. The van der Waals surface area contributed by atoms with Crippen molar-refractivity contribution >= 4 is 33.4 Å². The van der Waals surface area contributed by atoms with Crippen molar-refractivity contribution in [2.45, 2.75) is 10.1 Å². The van der Waals surface area contributed by atoms with E-state index in [2.05, 4.69) is 16.1 Å². The summed E-state index contributed by atoms with van der Waals surface area (Å²) in [5.41, 5.74) is 0. The van der Waals surface area contributed by atoms with Crippen molar-refractivity contribution in [3.8, 4) is 12.3 Å². The van der Waals surface area contributed by atoms with Gasteiger partial charge in [-0.15, -0.1) is 16.6 Å². The zero-order valence-corrected chi connectivity index (χ0v) is 11.9. The Morgan fingerprint density at radius 2 is 2.05 bits per heavy atom. The first-order chi connectivity index (χ1) is 9.05. The molecule has 2 rings (SSSR count). The number of hydrogen-bond acceptors (Lipinski definition) is 5. The SMILES string of the molecule is C#CCSc1nncn1S(=O)(=O)c1ccc(Cl)cc1. The van der Waals surface area contributed by atoms with E-state index in [-0.39, 0.29) is 10.1 Å². The fraction of sp³-hybridized carbons (Fsp3) is 0.0909. The lowest BCUT2D eigenvalue weighted by Gasteiger charge is -2.06. The van der Waals surface area contributed by atoms with Crippen LogP contribution in [0.2, 0.25) is 5.02 Å². The average Bonchev–Trinajstić information content (AvgIpc) is 2.86. The molecule has 1 aromatic carbocycles. The second-order valence-electron chi connectivity index (χ2n) is 3.36. The monoisotopic (exact) mass is 313 g/mol. The van der Waals surface area contributed by atoms with Crippen molar-refractivity contribution in [2.75, 3.05) is 5.75 Å². The van der Waals surface area contributed by atoms with Gasteiger partial charge in [-0.3, -0.25) is 0 Å². The zero-order chi connectivity index (χ0) is 13.9. The van der Waals surface area contributed by atoms with E-state index in [1.807, 2.05) is 0 Å². The van der Waals surface area contributed by atoms with Crippen LogP contribution in [0.15, 0.2) is 40.6 Å². The summed E-state index contributed by atoms with van der Waals surface area (Å²) >= 11 is 6.86. The molecule has 0 saturated carbocycles. The molecule has 2 aromatic rings. The molecule has 5 nitrogen and oxygen atoms in total. The molecule has 0 N–H and O–H groups in total. The summed E-state index contributed by atoms with van der Waals surface area (Å²) in [6, 6.07) is 5.86. The van der Waals surface area contributed by atoms with Gasteiger partial charge in [-0.1, -0.05) is 29.3 Å². The first-order valence-electron chi connectivity index (χ1n) is 5.03. The van der Waals surface area contributed by atoms with Crippen molar-refractivity contribution in [2.24, 2.45) is 0 Å². The molecule has 1 heterocycles. The maximum Gasteiger partial charge on any atom is 0.271 e. The van der Waals surface area contributed by atoms with Crippen LogP contribution in [0.3, 0.4) is 0 Å². The van der Waals surface area contributed by atoms with Crippen LogP contribution in [0.1, 0.15) is 0 Å². The second kappa shape index (κ2) is 5.65. The number of halogens is 1. The molecule has 0 spiro atoms. The summed E-state index contributed by atoms with van der Waals surface area (Å²) in [5.74, 6) is 2.72. The lowest BCUT2D eigenvalue weighted by molar-refractivity contribution is 0.582. The van der Waals surface area contributed by atoms with E-state index >= 15 is 0 Å². The summed E-state index contributed by atoms with van der Waals surface area (Å²) < 4.78 is 25.7. The molecule has 0 atom stereocenters. The number of aromatic nitrogens is 3. The first-order valence-corrected chi connectivity index (χ1v) is 7.83. The lowest BCUT2D eigenvalue weighted by atomic mass is 10.4. The molecule has 0 unspecified atom stereocenters. The third kappa shape index (κ3) is 2.92. The van der Waals surface area contributed by atoms with E-state index in [1.54, 1.807) is 0 Å². The van der Waals surface area contributed by atoms with E-state index in [0.29, 0.717) is 10.8 Å². The number of nitrogens with zero attached hydrogens (tertiary/aromatic N) is 3. The predicted molar refractivity (Wildman–Crippen MR) is 73.6 cm³/mol. The smallest absolute Gasteiger partial charge is 0.201 e. The van der Waals surface area contributed by atoms with Gasteiger partial charge in [0.2, 0.25) is 5.16 Å². The van der Waals surface area contributed by atoms with Gasteiger partial charge in [-0.2, -0.15) is 3.97 Å². The van der Waals surface area contributed by atoms with Crippen molar-refractivity contribution in [3.63, 3.8) is 0 Å². The molecule has 0 aliphatic heterocycles. The Labute approximate surface area is 120 Å². The molecule has 19 heavy (non-hydrogen) atoms. The molecule has 98 valence electrons. The van der Waals surface area contributed by atoms with Crippen molar-refractivity contribution < 1.29 is 8.42 Å². The standard InChI is InChI=1S/C11H8ClN3O2S2/c1-2-7-18-11-14-13-8-15(11)19(16,17)10-5-3-9(12)4-6-10/h1,3-6,8H,7H2. The second-order valence-corrected chi connectivity index (χ2v) is 6.55. The molecule has 0 bridgehead atoms. The molecular weight excluding hydrogens is 306 g/mol. The van der Waals surface area contributed by atoms with Gasteiger partial charge >= 0.3 is 0 Å². The number of thioether (sulfide) groups is 1. The molecule has 8 heteroatoms. The fourth-order valence-corrected chi connectivity index (χ4v) is 3.49. The summed E-state index contributed by atoms with van der Waals surface area (Å²) in [4.78, 5) is 0.110. The Morgan fingerprint density at radius 1 is 1.37 bits per heavy atom. The molecular formula is C11H8ClN3O2S2. The minimum absolute atomic E-state index is 0.110. The van der Waals surface area contributed by atoms with Crippen LogP contribution in [-0.2, 0) is 10.0 Å². The summed E-state index contributed by atoms with van der Waals surface area (Å²) in [6.07, 6.45) is 6.28. The number of benzene rings is 1.